The number of carbonyl (C=O) groups excluding carboxylic acids is 2. The SMILES string of the molecule is CCCOC(=O)c1ccc(NC(=O)C2CCNC2C)cc1. The molecule has 2 rings (SSSR count). The molecule has 0 bridgehead atoms. The Balaban J connectivity index is 1.93. The van der Waals surface area contributed by atoms with Gasteiger partial charge in [-0.1, -0.05) is 6.92 Å². The van der Waals surface area contributed by atoms with Crippen LogP contribution in [-0.2, 0) is 9.53 Å². The highest BCUT2D eigenvalue weighted by atomic mass is 16.5. The second-order valence-corrected chi connectivity index (χ2v) is 5.34. The molecular weight excluding hydrogens is 268 g/mol. The third kappa shape index (κ3) is 4.04. The summed E-state index contributed by atoms with van der Waals surface area (Å²) in [5.41, 5.74) is 1.20. The highest BCUT2D eigenvalue weighted by molar-refractivity contribution is 5.94. The Morgan fingerprint density at radius 2 is 2.05 bits per heavy atom. The number of benzene rings is 1. The van der Waals surface area contributed by atoms with Gasteiger partial charge in [-0.15, -0.1) is 0 Å². The van der Waals surface area contributed by atoms with Crippen LogP contribution < -0.4 is 10.6 Å². The molecule has 114 valence electrons. The molecule has 0 aromatic heterocycles. The lowest BCUT2D eigenvalue weighted by molar-refractivity contribution is -0.120. The molecule has 5 nitrogen and oxygen atoms in total. The summed E-state index contributed by atoms with van der Waals surface area (Å²) in [5.74, 6) is -0.309. The van der Waals surface area contributed by atoms with E-state index in [0.717, 1.165) is 19.4 Å². The van der Waals surface area contributed by atoms with Crippen LogP contribution in [0.5, 0.6) is 0 Å². The van der Waals surface area contributed by atoms with E-state index in [1.165, 1.54) is 0 Å². The summed E-state index contributed by atoms with van der Waals surface area (Å²) < 4.78 is 5.06. The molecular formula is C16H22N2O3. The van der Waals surface area contributed by atoms with Gasteiger partial charge in [-0.05, 0) is 50.6 Å². The first-order valence-electron chi connectivity index (χ1n) is 7.43. The summed E-state index contributed by atoms with van der Waals surface area (Å²) in [6, 6.07) is 7.00. The normalized spacial score (nSPS) is 21.0. The molecule has 1 heterocycles. The van der Waals surface area contributed by atoms with Gasteiger partial charge in [-0.25, -0.2) is 4.79 Å². The summed E-state index contributed by atoms with van der Waals surface area (Å²) in [6.07, 6.45) is 1.65. The standard InChI is InChI=1S/C16H22N2O3/c1-3-10-21-16(20)12-4-6-13(7-5-12)18-15(19)14-8-9-17-11(14)2/h4-7,11,14,17H,3,8-10H2,1-2H3,(H,18,19). The van der Waals surface area contributed by atoms with Crippen molar-refractivity contribution in [2.45, 2.75) is 32.7 Å². The maximum Gasteiger partial charge on any atom is 0.338 e. The maximum absolute atomic E-state index is 12.1. The van der Waals surface area contributed by atoms with E-state index in [1.54, 1.807) is 24.3 Å². The van der Waals surface area contributed by atoms with Gasteiger partial charge in [0.05, 0.1) is 18.1 Å². The van der Waals surface area contributed by atoms with Crippen molar-refractivity contribution in [1.29, 1.82) is 0 Å². The summed E-state index contributed by atoms with van der Waals surface area (Å²) in [5, 5.41) is 6.15. The molecule has 1 saturated heterocycles. The van der Waals surface area contributed by atoms with Gasteiger partial charge >= 0.3 is 5.97 Å². The summed E-state index contributed by atoms with van der Waals surface area (Å²) >= 11 is 0. The number of ether oxygens (including phenoxy) is 1. The molecule has 1 aliphatic heterocycles. The minimum atomic E-state index is -0.330. The van der Waals surface area contributed by atoms with Crippen LogP contribution in [0.1, 0.15) is 37.0 Å². The number of esters is 1. The Morgan fingerprint density at radius 1 is 1.33 bits per heavy atom. The van der Waals surface area contributed by atoms with Gasteiger partial charge < -0.3 is 15.4 Å². The molecule has 1 aliphatic rings. The van der Waals surface area contributed by atoms with Gasteiger partial charge in [0.2, 0.25) is 5.91 Å². The Morgan fingerprint density at radius 3 is 2.62 bits per heavy atom. The lowest BCUT2D eigenvalue weighted by atomic mass is 10.0. The van der Waals surface area contributed by atoms with E-state index in [2.05, 4.69) is 10.6 Å². The Bertz CT molecular complexity index is 499. The van der Waals surface area contributed by atoms with Gasteiger partial charge in [0.25, 0.3) is 0 Å². The van der Waals surface area contributed by atoms with E-state index in [4.69, 9.17) is 4.74 Å². The summed E-state index contributed by atoms with van der Waals surface area (Å²) in [7, 11) is 0. The third-order valence-electron chi connectivity index (χ3n) is 3.69. The van der Waals surface area contributed by atoms with Crippen molar-refractivity contribution in [3.05, 3.63) is 29.8 Å². The largest absolute Gasteiger partial charge is 0.462 e. The van der Waals surface area contributed by atoms with Crippen LogP contribution in [0.25, 0.3) is 0 Å². The fourth-order valence-electron chi connectivity index (χ4n) is 2.42. The van der Waals surface area contributed by atoms with Crippen molar-refractivity contribution in [2.75, 3.05) is 18.5 Å². The van der Waals surface area contributed by atoms with Crippen LogP contribution in [-0.4, -0.2) is 31.1 Å². The van der Waals surface area contributed by atoms with E-state index in [-0.39, 0.29) is 23.8 Å². The predicted octanol–water partition coefficient (Wildman–Crippen LogP) is 2.19. The van der Waals surface area contributed by atoms with Crippen LogP contribution in [0, 0.1) is 5.92 Å². The molecule has 1 amide bonds. The molecule has 5 heteroatoms. The fourth-order valence-corrected chi connectivity index (χ4v) is 2.42. The number of nitrogens with one attached hydrogen (secondary N) is 2. The molecule has 0 radical (unpaired) electrons. The van der Waals surface area contributed by atoms with Gasteiger partial charge in [0, 0.05) is 11.7 Å². The maximum atomic E-state index is 12.1. The first-order chi connectivity index (χ1) is 10.1. The highest BCUT2D eigenvalue weighted by Crippen LogP contribution is 2.18. The molecule has 2 atom stereocenters. The van der Waals surface area contributed by atoms with Gasteiger partial charge in [-0.3, -0.25) is 4.79 Å². The van der Waals surface area contributed by atoms with Gasteiger partial charge in [0.1, 0.15) is 0 Å². The van der Waals surface area contributed by atoms with Crippen LogP contribution in [0.2, 0.25) is 0 Å². The number of amides is 1. The quantitative estimate of drug-likeness (QED) is 0.816. The Kier molecular flexibility index (Phi) is 5.33. The highest BCUT2D eigenvalue weighted by Gasteiger charge is 2.29. The van der Waals surface area contributed by atoms with Crippen LogP contribution >= 0.6 is 0 Å². The first kappa shape index (κ1) is 15.5. The van der Waals surface area contributed by atoms with E-state index in [0.29, 0.717) is 17.9 Å². The Labute approximate surface area is 125 Å². The molecule has 2 unspecified atom stereocenters. The average molecular weight is 290 g/mol. The van der Waals surface area contributed by atoms with Crippen molar-refractivity contribution in [1.82, 2.24) is 5.32 Å². The molecule has 0 saturated carbocycles. The Hall–Kier alpha value is -1.88. The van der Waals surface area contributed by atoms with Gasteiger partial charge in [0.15, 0.2) is 0 Å². The van der Waals surface area contributed by atoms with Crippen LogP contribution in [0.4, 0.5) is 5.69 Å². The number of hydrogen-bond acceptors (Lipinski definition) is 4. The summed E-state index contributed by atoms with van der Waals surface area (Å²) in [6.45, 7) is 5.26. The lowest BCUT2D eigenvalue weighted by Crippen LogP contribution is -2.32. The lowest BCUT2D eigenvalue weighted by Gasteiger charge is -2.15. The van der Waals surface area contributed by atoms with Crippen LogP contribution in [0.15, 0.2) is 24.3 Å². The van der Waals surface area contributed by atoms with Crippen molar-refractivity contribution >= 4 is 17.6 Å². The van der Waals surface area contributed by atoms with E-state index < -0.39 is 0 Å². The third-order valence-corrected chi connectivity index (χ3v) is 3.69. The molecule has 0 aliphatic carbocycles. The van der Waals surface area contributed by atoms with Crippen molar-refractivity contribution < 1.29 is 14.3 Å². The molecule has 1 aromatic carbocycles. The number of rotatable bonds is 5. The van der Waals surface area contributed by atoms with Crippen LogP contribution in [0.3, 0.4) is 0 Å². The topological polar surface area (TPSA) is 67.4 Å². The minimum Gasteiger partial charge on any atom is -0.462 e. The predicted molar refractivity (Wildman–Crippen MR) is 81.2 cm³/mol. The number of anilines is 1. The molecule has 0 spiro atoms. The molecule has 2 N–H and O–H groups in total. The smallest absolute Gasteiger partial charge is 0.338 e. The van der Waals surface area contributed by atoms with E-state index in [9.17, 15) is 9.59 Å². The average Bonchev–Trinajstić information content (AvgIpc) is 2.91. The zero-order valence-corrected chi connectivity index (χ0v) is 12.5. The second-order valence-electron chi connectivity index (χ2n) is 5.34. The number of carbonyl (C=O) groups is 2. The van der Waals surface area contributed by atoms with Crippen molar-refractivity contribution in [3.63, 3.8) is 0 Å². The monoisotopic (exact) mass is 290 g/mol. The van der Waals surface area contributed by atoms with Crippen molar-refractivity contribution in [2.24, 2.45) is 5.92 Å². The van der Waals surface area contributed by atoms with E-state index in [1.807, 2.05) is 13.8 Å². The molecule has 1 aromatic rings. The molecule has 1 fully saturated rings. The zero-order chi connectivity index (χ0) is 15.2. The summed E-state index contributed by atoms with van der Waals surface area (Å²) in [4.78, 5) is 23.8. The number of hydrogen-bond donors (Lipinski definition) is 2. The molecule has 21 heavy (non-hydrogen) atoms. The fraction of sp³-hybridized carbons (Fsp3) is 0.500. The van der Waals surface area contributed by atoms with E-state index >= 15 is 0 Å². The minimum absolute atomic E-state index is 0.000744. The first-order valence-corrected chi connectivity index (χ1v) is 7.43. The van der Waals surface area contributed by atoms with Gasteiger partial charge in [-0.2, -0.15) is 0 Å². The zero-order valence-electron chi connectivity index (χ0n) is 12.5. The second kappa shape index (κ2) is 7.22. The van der Waals surface area contributed by atoms with Crippen molar-refractivity contribution in [3.8, 4) is 0 Å².